The van der Waals surface area contributed by atoms with Crippen LogP contribution in [0.15, 0.2) is 24.3 Å². The Balaban J connectivity index is 1.81. The second-order valence-corrected chi connectivity index (χ2v) is 4.51. The summed E-state index contributed by atoms with van der Waals surface area (Å²) in [6, 6.07) is 5.47. The van der Waals surface area contributed by atoms with Crippen LogP contribution < -0.4 is 16.0 Å². The minimum Gasteiger partial charge on any atom is -0.352 e. The van der Waals surface area contributed by atoms with Gasteiger partial charge in [0.25, 0.3) is 11.8 Å². The van der Waals surface area contributed by atoms with Crippen LogP contribution in [-0.2, 0) is 4.79 Å². The highest BCUT2D eigenvalue weighted by molar-refractivity contribution is 6.30. The molecular formula is C12H12ClN3O3. The van der Waals surface area contributed by atoms with Crippen LogP contribution in [0.2, 0.25) is 5.02 Å². The Labute approximate surface area is 114 Å². The maximum absolute atomic E-state index is 11.8. The van der Waals surface area contributed by atoms with Gasteiger partial charge in [-0.3, -0.25) is 14.9 Å². The van der Waals surface area contributed by atoms with E-state index >= 15 is 0 Å². The monoisotopic (exact) mass is 281 g/mol. The van der Waals surface area contributed by atoms with E-state index in [4.69, 9.17) is 11.6 Å². The normalized spacial score (nSPS) is 17.8. The van der Waals surface area contributed by atoms with Gasteiger partial charge in [-0.2, -0.15) is 0 Å². The van der Waals surface area contributed by atoms with Crippen molar-refractivity contribution in [3.05, 3.63) is 34.9 Å². The Morgan fingerprint density at radius 1 is 1.37 bits per heavy atom. The zero-order valence-corrected chi connectivity index (χ0v) is 10.7. The molecule has 19 heavy (non-hydrogen) atoms. The molecule has 3 N–H and O–H groups in total. The van der Waals surface area contributed by atoms with Crippen molar-refractivity contribution in [3.8, 4) is 0 Å². The Kier molecular flexibility index (Phi) is 4.01. The lowest BCUT2D eigenvalue weighted by molar-refractivity contribution is -0.120. The van der Waals surface area contributed by atoms with E-state index in [1.807, 2.05) is 0 Å². The third-order valence-electron chi connectivity index (χ3n) is 2.66. The molecule has 1 aliphatic heterocycles. The van der Waals surface area contributed by atoms with Gasteiger partial charge < -0.3 is 10.6 Å². The van der Waals surface area contributed by atoms with E-state index < -0.39 is 12.1 Å². The predicted octanol–water partition coefficient (Wildman–Crippen LogP) is 0.668. The number of rotatable bonds is 4. The third-order valence-corrected chi connectivity index (χ3v) is 2.90. The van der Waals surface area contributed by atoms with Crippen LogP contribution in [0.5, 0.6) is 0 Å². The maximum Gasteiger partial charge on any atom is 0.322 e. The fourth-order valence-electron chi connectivity index (χ4n) is 1.72. The molecule has 0 aromatic heterocycles. The molecule has 1 heterocycles. The van der Waals surface area contributed by atoms with Crippen molar-refractivity contribution in [2.24, 2.45) is 0 Å². The van der Waals surface area contributed by atoms with Crippen molar-refractivity contribution in [2.75, 3.05) is 6.54 Å². The molecule has 0 spiro atoms. The summed E-state index contributed by atoms with van der Waals surface area (Å²) in [4.78, 5) is 33.9. The van der Waals surface area contributed by atoms with E-state index in [-0.39, 0.29) is 18.4 Å². The van der Waals surface area contributed by atoms with Crippen molar-refractivity contribution in [2.45, 2.75) is 12.5 Å². The van der Waals surface area contributed by atoms with E-state index in [0.29, 0.717) is 17.0 Å². The Bertz CT molecular complexity index is 533. The van der Waals surface area contributed by atoms with E-state index in [2.05, 4.69) is 16.0 Å². The lowest BCUT2D eigenvalue weighted by Crippen LogP contribution is -2.34. The molecule has 6 nitrogen and oxygen atoms in total. The first-order valence-corrected chi connectivity index (χ1v) is 6.09. The Morgan fingerprint density at radius 2 is 2.16 bits per heavy atom. The highest BCUT2D eigenvalue weighted by Crippen LogP contribution is 2.10. The molecule has 2 rings (SSSR count). The summed E-state index contributed by atoms with van der Waals surface area (Å²) in [5.74, 6) is -0.644. The molecule has 4 amide bonds. The number of benzene rings is 1. The first kappa shape index (κ1) is 13.4. The number of carbonyl (C=O) groups excluding carboxylic acids is 3. The second-order valence-electron chi connectivity index (χ2n) is 4.07. The van der Waals surface area contributed by atoms with Crippen LogP contribution in [-0.4, -0.2) is 30.4 Å². The van der Waals surface area contributed by atoms with Gasteiger partial charge in [-0.15, -0.1) is 0 Å². The van der Waals surface area contributed by atoms with Crippen LogP contribution in [0.4, 0.5) is 4.79 Å². The van der Waals surface area contributed by atoms with Crippen LogP contribution in [0.1, 0.15) is 16.8 Å². The van der Waals surface area contributed by atoms with Gasteiger partial charge in [0.05, 0.1) is 0 Å². The number of carbonyl (C=O) groups is 3. The van der Waals surface area contributed by atoms with Crippen molar-refractivity contribution >= 4 is 29.4 Å². The summed E-state index contributed by atoms with van der Waals surface area (Å²) in [5.41, 5.74) is 0.451. The smallest absolute Gasteiger partial charge is 0.322 e. The highest BCUT2D eigenvalue weighted by atomic mass is 35.5. The van der Waals surface area contributed by atoms with Gasteiger partial charge in [0.1, 0.15) is 6.04 Å². The van der Waals surface area contributed by atoms with E-state index in [0.717, 1.165) is 0 Å². The van der Waals surface area contributed by atoms with Gasteiger partial charge in [0.2, 0.25) is 0 Å². The fourth-order valence-corrected chi connectivity index (χ4v) is 1.91. The van der Waals surface area contributed by atoms with Crippen LogP contribution in [0.3, 0.4) is 0 Å². The number of hydrogen-bond donors (Lipinski definition) is 3. The van der Waals surface area contributed by atoms with Gasteiger partial charge in [-0.25, -0.2) is 4.79 Å². The van der Waals surface area contributed by atoms with Crippen molar-refractivity contribution in [3.63, 3.8) is 0 Å². The lowest BCUT2D eigenvalue weighted by atomic mass is 10.2. The molecule has 1 aromatic rings. The average molecular weight is 282 g/mol. The van der Waals surface area contributed by atoms with Crippen LogP contribution in [0.25, 0.3) is 0 Å². The summed E-state index contributed by atoms with van der Waals surface area (Å²) >= 11 is 5.78. The molecule has 1 aliphatic rings. The zero-order chi connectivity index (χ0) is 13.8. The molecule has 0 bridgehead atoms. The topological polar surface area (TPSA) is 87.3 Å². The SMILES string of the molecule is O=C1NC(=O)C(CCNC(=O)c2cccc(Cl)c2)N1. The first-order valence-electron chi connectivity index (χ1n) is 5.71. The highest BCUT2D eigenvalue weighted by Gasteiger charge is 2.28. The maximum atomic E-state index is 11.8. The van der Waals surface area contributed by atoms with Gasteiger partial charge in [0.15, 0.2) is 0 Å². The minimum absolute atomic E-state index is 0.271. The molecule has 1 fully saturated rings. The summed E-state index contributed by atoms with van der Waals surface area (Å²) in [7, 11) is 0. The van der Waals surface area contributed by atoms with Gasteiger partial charge >= 0.3 is 6.03 Å². The van der Waals surface area contributed by atoms with Gasteiger partial charge in [0, 0.05) is 17.1 Å². The molecule has 1 saturated heterocycles. The number of nitrogens with one attached hydrogen (secondary N) is 3. The standard InChI is InChI=1S/C12H12ClN3O3/c13-8-3-1-2-7(6-8)10(17)14-5-4-9-11(18)16-12(19)15-9/h1-3,6,9H,4-5H2,(H,14,17)(H2,15,16,18,19). The number of hydrogen-bond acceptors (Lipinski definition) is 3. The van der Waals surface area contributed by atoms with Crippen molar-refractivity contribution < 1.29 is 14.4 Å². The van der Waals surface area contributed by atoms with Crippen molar-refractivity contribution in [1.82, 2.24) is 16.0 Å². The lowest BCUT2D eigenvalue weighted by Gasteiger charge is -2.08. The molecular weight excluding hydrogens is 270 g/mol. The summed E-state index contributed by atoms with van der Waals surface area (Å²) in [6.07, 6.45) is 0.337. The average Bonchev–Trinajstić information content (AvgIpc) is 2.68. The molecule has 0 aliphatic carbocycles. The zero-order valence-electron chi connectivity index (χ0n) is 9.90. The van der Waals surface area contributed by atoms with Gasteiger partial charge in [-0.1, -0.05) is 17.7 Å². The molecule has 1 aromatic carbocycles. The Morgan fingerprint density at radius 3 is 2.79 bits per heavy atom. The van der Waals surface area contributed by atoms with E-state index in [1.54, 1.807) is 24.3 Å². The summed E-state index contributed by atoms with van der Waals surface area (Å²) in [6.45, 7) is 0.281. The van der Waals surface area contributed by atoms with Gasteiger partial charge in [-0.05, 0) is 24.6 Å². The molecule has 1 atom stereocenters. The van der Waals surface area contributed by atoms with Crippen molar-refractivity contribution in [1.29, 1.82) is 0 Å². The molecule has 0 saturated carbocycles. The van der Waals surface area contributed by atoms with Crippen LogP contribution >= 0.6 is 11.6 Å². The molecule has 7 heteroatoms. The third kappa shape index (κ3) is 3.45. The number of urea groups is 1. The number of amides is 4. The minimum atomic E-state index is -0.591. The number of imide groups is 1. The summed E-state index contributed by atoms with van der Waals surface area (Å²) < 4.78 is 0. The first-order chi connectivity index (χ1) is 9.06. The molecule has 0 radical (unpaired) electrons. The molecule has 100 valence electrons. The largest absolute Gasteiger partial charge is 0.352 e. The van der Waals surface area contributed by atoms with E-state index in [1.165, 1.54) is 0 Å². The van der Waals surface area contributed by atoms with E-state index in [9.17, 15) is 14.4 Å². The predicted molar refractivity (Wildman–Crippen MR) is 68.9 cm³/mol. The second kappa shape index (κ2) is 5.71. The number of halogens is 1. The fraction of sp³-hybridized carbons (Fsp3) is 0.250. The Hall–Kier alpha value is -2.08. The summed E-state index contributed by atoms with van der Waals surface area (Å²) in [5, 5.41) is 7.72. The molecule has 1 unspecified atom stereocenters. The quantitative estimate of drug-likeness (QED) is 0.709. The van der Waals surface area contributed by atoms with Crippen LogP contribution in [0, 0.1) is 0 Å².